The molecule has 1 amide bonds. The lowest BCUT2D eigenvalue weighted by molar-refractivity contribution is -0.119. The molecule has 0 aliphatic carbocycles. The number of carbonyl (C=O) groups is 2. The average Bonchev–Trinajstić information content (AvgIpc) is 3.17. The van der Waals surface area contributed by atoms with Crippen LogP contribution in [0.15, 0.2) is 65.8 Å². The second-order valence-corrected chi connectivity index (χ2v) is 7.16. The minimum atomic E-state index is -0.613. The van der Waals surface area contributed by atoms with Gasteiger partial charge in [0.2, 0.25) is 0 Å². The molecular weight excluding hydrogens is 398 g/mol. The van der Waals surface area contributed by atoms with Crippen molar-refractivity contribution in [3.8, 4) is 0 Å². The fraction of sp³-hybridized carbons (Fsp3) is 0.150. The molecule has 0 atom stereocenters. The number of benzene rings is 2. The van der Waals surface area contributed by atoms with Gasteiger partial charge in [0.15, 0.2) is 6.61 Å². The summed E-state index contributed by atoms with van der Waals surface area (Å²) in [5.74, 6) is -1.02. The molecule has 3 rings (SSSR count). The number of nitrogens with zero attached hydrogens (tertiary/aromatic N) is 2. The van der Waals surface area contributed by atoms with Gasteiger partial charge in [-0.2, -0.15) is 5.10 Å². The Bertz CT molecular complexity index is 990. The fourth-order valence-electron chi connectivity index (χ4n) is 2.47. The van der Waals surface area contributed by atoms with Crippen LogP contribution in [0.5, 0.6) is 0 Å². The van der Waals surface area contributed by atoms with Crippen LogP contribution >= 0.6 is 23.4 Å². The fourth-order valence-corrected chi connectivity index (χ4v) is 3.12. The Balaban J connectivity index is 1.53. The molecule has 0 aliphatic heterocycles. The summed E-state index contributed by atoms with van der Waals surface area (Å²) < 4.78 is 6.66. The molecule has 144 valence electrons. The Morgan fingerprint density at radius 1 is 1.21 bits per heavy atom. The van der Waals surface area contributed by atoms with E-state index in [4.69, 9.17) is 16.3 Å². The minimum absolute atomic E-state index is 0.268. The van der Waals surface area contributed by atoms with Crippen LogP contribution in [0.25, 0.3) is 0 Å². The van der Waals surface area contributed by atoms with E-state index in [9.17, 15) is 9.59 Å². The molecule has 2 aromatic carbocycles. The Hall–Kier alpha value is -2.77. The third-order valence-electron chi connectivity index (χ3n) is 3.85. The van der Waals surface area contributed by atoms with Gasteiger partial charge in [0.05, 0.1) is 18.3 Å². The van der Waals surface area contributed by atoms with Gasteiger partial charge in [0.1, 0.15) is 0 Å². The highest BCUT2D eigenvalue weighted by Gasteiger charge is 2.13. The standard InChI is InChI=1S/C20H18ClN3O3S/c1-28-17-7-4-6-16(9-17)23-19(25)13-27-20(26)15-10-22-24(12-15)11-14-5-2-3-8-18(14)21/h2-10,12H,11,13H2,1H3,(H,23,25). The number of hydrogen-bond acceptors (Lipinski definition) is 5. The third-order valence-corrected chi connectivity index (χ3v) is 4.94. The minimum Gasteiger partial charge on any atom is -0.452 e. The van der Waals surface area contributed by atoms with Crippen LogP contribution in [0.4, 0.5) is 5.69 Å². The van der Waals surface area contributed by atoms with Gasteiger partial charge >= 0.3 is 5.97 Å². The van der Waals surface area contributed by atoms with Crippen molar-refractivity contribution in [1.82, 2.24) is 9.78 Å². The highest BCUT2D eigenvalue weighted by atomic mass is 35.5. The number of carbonyl (C=O) groups excluding carboxylic acids is 2. The molecule has 8 heteroatoms. The Kier molecular flexibility index (Phi) is 6.73. The van der Waals surface area contributed by atoms with Crippen LogP contribution in [0, 0.1) is 0 Å². The summed E-state index contributed by atoms with van der Waals surface area (Å²) in [6, 6.07) is 14.8. The van der Waals surface area contributed by atoms with Crippen molar-refractivity contribution < 1.29 is 14.3 Å². The first-order valence-electron chi connectivity index (χ1n) is 8.42. The van der Waals surface area contributed by atoms with Gasteiger partial charge in [0, 0.05) is 21.8 Å². The van der Waals surface area contributed by atoms with E-state index in [0.29, 0.717) is 17.3 Å². The number of aromatic nitrogens is 2. The lowest BCUT2D eigenvalue weighted by Crippen LogP contribution is -2.20. The first kappa shape index (κ1) is 20.0. The van der Waals surface area contributed by atoms with E-state index in [0.717, 1.165) is 10.5 Å². The van der Waals surface area contributed by atoms with E-state index >= 15 is 0 Å². The molecule has 28 heavy (non-hydrogen) atoms. The van der Waals surface area contributed by atoms with Gasteiger partial charge in [-0.25, -0.2) is 4.79 Å². The molecule has 0 radical (unpaired) electrons. The molecule has 0 saturated heterocycles. The first-order valence-corrected chi connectivity index (χ1v) is 10.0. The second-order valence-electron chi connectivity index (χ2n) is 5.87. The molecular formula is C20H18ClN3O3S. The van der Waals surface area contributed by atoms with Gasteiger partial charge in [-0.15, -0.1) is 11.8 Å². The summed E-state index contributed by atoms with van der Waals surface area (Å²) in [6.45, 7) is 0.0528. The van der Waals surface area contributed by atoms with Crippen LogP contribution in [-0.2, 0) is 16.1 Å². The Morgan fingerprint density at radius 2 is 2.04 bits per heavy atom. The van der Waals surface area contributed by atoms with Crippen LogP contribution in [0.3, 0.4) is 0 Å². The van der Waals surface area contributed by atoms with E-state index in [1.807, 2.05) is 42.7 Å². The number of halogens is 1. The molecule has 0 fully saturated rings. The zero-order valence-corrected chi connectivity index (χ0v) is 16.7. The highest BCUT2D eigenvalue weighted by Crippen LogP contribution is 2.19. The SMILES string of the molecule is CSc1cccc(NC(=O)COC(=O)c2cnn(Cc3ccccc3Cl)c2)c1. The van der Waals surface area contributed by atoms with Crippen molar-refractivity contribution in [3.63, 3.8) is 0 Å². The van der Waals surface area contributed by atoms with Crippen molar-refractivity contribution in [2.45, 2.75) is 11.4 Å². The van der Waals surface area contributed by atoms with E-state index in [2.05, 4.69) is 10.4 Å². The van der Waals surface area contributed by atoms with Gasteiger partial charge in [-0.3, -0.25) is 9.48 Å². The zero-order chi connectivity index (χ0) is 19.9. The van der Waals surface area contributed by atoms with Crippen molar-refractivity contribution in [1.29, 1.82) is 0 Å². The quantitative estimate of drug-likeness (QED) is 0.464. The summed E-state index contributed by atoms with van der Waals surface area (Å²) in [5, 5.41) is 7.47. The van der Waals surface area contributed by atoms with Crippen molar-refractivity contribution in [2.75, 3.05) is 18.2 Å². The zero-order valence-electron chi connectivity index (χ0n) is 15.1. The van der Waals surface area contributed by atoms with Gasteiger partial charge in [0.25, 0.3) is 5.91 Å². The molecule has 6 nitrogen and oxygen atoms in total. The number of ether oxygens (including phenoxy) is 1. The monoisotopic (exact) mass is 415 g/mol. The number of thioether (sulfide) groups is 1. The average molecular weight is 416 g/mol. The van der Waals surface area contributed by atoms with E-state index in [1.165, 1.54) is 6.20 Å². The predicted octanol–water partition coefficient (Wildman–Crippen LogP) is 4.10. The lowest BCUT2D eigenvalue weighted by atomic mass is 10.2. The summed E-state index contributed by atoms with van der Waals surface area (Å²) in [6.07, 6.45) is 4.92. The van der Waals surface area contributed by atoms with Crippen LogP contribution in [-0.4, -0.2) is 34.5 Å². The van der Waals surface area contributed by atoms with Gasteiger partial charge in [-0.05, 0) is 36.1 Å². The molecule has 0 unspecified atom stereocenters. The molecule has 1 heterocycles. The van der Waals surface area contributed by atoms with E-state index < -0.39 is 11.9 Å². The largest absolute Gasteiger partial charge is 0.452 e. The molecule has 0 bridgehead atoms. The summed E-state index contributed by atoms with van der Waals surface area (Å²) >= 11 is 7.71. The number of hydrogen-bond donors (Lipinski definition) is 1. The number of amides is 1. The maximum absolute atomic E-state index is 12.1. The lowest BCUT2D eigenvalue weighted by Gasteiger charge is -2.07. The number of anilines is 1. The molecule has 0 spiro atoms. The van der Waals surface area contributed by atoms with Gasteiger partial charge < -0.3 is 10.1 Å². The van der Waals surface area contributed by atoms with E-state index in [-0.39, 0.29) is 12.2 Å². The predicted molar refractivity (Wildman–Crippen MR) is 110 cm³/mol. The Labute approximate surface area is 171 Å². The number of rotatable bonds is 7. The van der Waals surface area contributed by atoms with Crippen LogP contribution in [0.1, 0.15) is 15.9 Å². The summed E-state index contributed by atoms with van der Waals surface area (Å²) in [7, 11) is 0. The van der Waals surface area contributed by atoms with Crippen molar-refractivity contribution in [2.24, 2.45) is 0 Å². The van der Waals surface area contributed by atoms with Crippen LogP contribution < -0.4 is 5.32 Å². The van der Waals surface area contributed by atoms with Gasteiger partial charge in [-0.1, -0.05) is 35.9 Å². The molecule has 0 saturated carbocycles. The van der Waals surface area contributed by atoms with Crippen molar-refractivity contribution in [3.05, 3.63) is 77.1 Å². The number of esters is 1. The highest BCUT2D eigenvalue weighted by molar-refractivity contribution is 7.98. The number of nitrogens with one attached hydrogen (secondary N) is 1. The normalized spacial score (nSPS) is 10.5. The van der Waals surface area contributed by atoms with E-state index in [1.54, 1.807) is 34.8 Å². The maximum Gasteiger partial charge on any atom is 0.341 e. The maximum atomic E-state index is 12.1. The molecule has 1 aromatic heterocycles. The summed E-state index contributed by atoms with van der Waals surface area (Å²) in [5.41, 5.74) is 1.81. The van der Waals surface area contributed by atoms with Crippen LogP contribution in [0.2, 0.25) is 5.02 Å². The summed E-state index contributed by atoms with van der Waals surface area (Å²) in [4.78, 5) is 25.2. The smallest absolute Gasteiger partial charge is 0.341 e. The topological polar surface area (TPSA) is 73.2 Å². The molecule has 1 N–H and O–H groups in total. The third kappa shape index (κ3) is 5.37. The molecule has 3 aromatic rings. The molecule has 0 aliphatic rings. The van der Waals surface area contributed by atoms with Crippen molar-refractivity contribution >= 4 is 40.9 Å². The second kappa shape index (κ2) is 9.43. The Morgan fingerprint density at radius 3 is 2.82 bits per heavy atom. The first-order chi connectivity index (χ1) is 13.5.